The van der Waals surface area contributed by atoms with Gasteiger partial charge < -0.3 is 4.74 Å². The zero-order valence-electron chi connectivity index (χ0n) is 14.5. The van der Waals surface area contributed by atoms with Crippen LogP contribution in [0.2, 0.25) is 0 Å². The first-order valence-corrected chi connectivity index (χ1v) is 9.33. The lowest BCUT2D eigenvalue weighted by Gasteiger charge is -2.34. The smallest absolute Gasteiger partial charge is 0.250 e. The molecule has 6 heteroatoms. The molecule has 1 aromatic heterocycles. The number of morpholine rings is 1. The summed E-state index contributed by atoms with van der Waals surface area (Å²) in [5, 5.41) is 5.46. The number of amides is 1. The quantitative estimate of drug-likeness (QED) is 0.833. The molecule has 0 saturated carbocycles. The third-order valence-electron chi connectivity index (χ3n) is 3.89. The molecule has 25 heavy (non-hydrogen) atoms. The first-order valence-electron chi connectivity index (χ1n) is 8.45. The van der Waals surface area contributed by atoms with Crippen LogP contribution in [0.25, 0.3) is 6.08 Å². The van der Waals surface area contributed by atoms with Crippen LogP contribution in [0.1, 0.15) is 25.1 Å². The van der Waals surface area contributed by atoms with Gasteiger partial charge in [0.15, 0.2) is 5.13 Å². The van der Waals surface area contributed by atoms with Gasteiger partial charge in [-0.15, -0.1) is 11.3 Å². The van der Waals surface area contributed by atoms with Crippen LogP contribution in [0.3, 0.4) is 0 Å². The zero-order chi connectivity index (χ0) is 17.6. The van der Waals surface area contributed by atoms with E-state index in [1.165, 1.54) is 17.4 Å². The van der Waals surface area contributed by atoms with E-state index in [1.807, 2.05) is 35.7 Å². The Morgan fingerprint density at radius 1 is 1.32 bits per heavy atom. The molecule has 0 aliphatic carbocycles. The fourth-order valence-electron chi connectivity index (χ4n) is 2.96. The highest BCUT2D eigenvalue weighted by atomic mass is 32.1. The largest absolute Gasteiger partial charge is 0.373 e. The van der Waals surface area contributed by atoms with Gasteiger partial charge in [0.1, 0.15) is 0 Å². The Morgan fingerprint density at radius 2 is 2.04 bits per heavy atom. The molecule has 1 saturated heterocycles. The summed E-state index contributed by atoms with van der Waals surface area (Å²) < 4.78 is 5.75. The number of rotatable bonds is 5. The molecule has 3 rings (SSSR count). The van der Waals surface area contributed by atoms with Gasteiger partial charge in [0.05, 0.1) is 17.9 Å². The highest BCUT2D eigenvalue weighted by Crippen LogP contribution is 2.19. The third kappa shape index (κ3) is 5.49. The Kier molecular flexibility index (Phi) is 5.96. The fraction of sp³-hybridized carbons (Fsp3) is 0.368. The van der Waals surface area contributed by atoms with E-state index in [0.29, 0.717) is 5.13 Å². The Morgan fingerprint density at radius 3 is 2.76 bits per heavy atom. The maximum absolute atomic E-state index is 12.0. The molecule has 1 N–H and O–H groups in total. The number of hydrogen-bond acceptors (Lipinski definition) is 5. The summed E-state index contributed by atoms with van der Waals surface area (Å²) in [6, 6.07) is 9.74. The van der Waals surface area contributed by atoms with Gasteiger partial charge in [-0.3, -0.25) is 15.0 Å². The average molecular weight is 357 g/mol. The monoisotopic (exact) mass is 357 g/mol. The third-order valence-corrected chi connectivity index (χ3v) is 4.70. The Balaban J connectivity index is 1.53. The molecule has 1 amide bonds. The second-order valence-corrected chi connectivity index (χ2v) is 7.19. The van der Waals surface area contributed by atoms with Crippen molar-refractivity contribution in [2.24, 2.45) is 0 Å². The number of carbonyl (C=O) groups excluding carboxylic acids is 1. The lowest BCUT2D eigenvalue weighted by atomic mass is 10.2. The van der Waals surface area contributed by atoms with Gasteiger partial charge in [-0.25, -0.2) is 4.98 Å². The summed E-state index contributed by atoms with van der Waals surface area (Å²) in [6.45, 7) is 6.78. The highest BCUT2D eigenvalue weighted by molar-refractivity contribution is 7.13. The van der Waals surface area contributed by atoms with Crippen LogP contribution in [0.4, 0.5) is 5.13 Å². The van der Waals surface area contributed by atoms with Crippen LogP contribution >= 0.6 is 11.3 Å². The van der Waals surface area contributed by atoms with Crippen molar-refractivity contribution in [1.29, 1.82) is 0 Å². The van der Waals surface area contributed by atoms with Crippen LogP contribution < -0.4 is 5.32 Å². The summed E-state index contributed by atoms with van der Waals surface area (Å²) in [5.74, 6) is -0.168. The first kappa shape index (κ1) is 17.8. The van der Waals surface area contributed by atoms with Gasteiger partial charge >= 0.3 is 0 Å². The Labute approximate surface area is 152 Å². The Hall–Kier alpha value is -2.02. The van der Waals surface area contributed by atoms with Crippen LogP contribution in [-0.4, -0.2) is 41.1 Å². The molecule has 5 nitrogen and oxygen atoms in total. The van der Waals surface area contributed by atoms with Gasteiger partial charge in [-0.1, -0.05) is 30.3 Å². The lowest BCUT2D eigenvalue weighted by molar-refractivity contribution is -0.111. The molecule has 2 heterocycles. The topological polar surface area (TPSA) is 54.5 Å². The second-order valence-electron chi connectivity index (χ2n) is 6.33. The van der Waals surface area contributed by atoms with Crippen molar-refractivity contribution in [3.8, 4) is 0 Å². The van der Waals surface area contributed by atoms with Crippen molar-refractivity contribution in [2.75, 3.05) is 18.4 Å². The van der Waals surface area contributed by atoms with Crippen LogP contribution in [0.5, 0.6) is 0 Å². The van der Waals surface area contributed by atoms with E-state index in [2.05, 4.69) is 29.0 Å². The number of nitrogens with zero attached hydrogens (tertiary/aromatic N) is 2. The van der Waals surface area contributed by atoms with Crippen molar-refractivity contribution in [2.45, 2.75) is 32.6 Å². The van der Waals surface area contributed by atoms with E-state index in [4.69, 9.17) is 4.74 Å². The van der Waals surface area contributed by atoms with E-state index < -0.39 is 0 Å². The number of benzene rings is 1. The molecule has 1 aromatic carbocycles. The number of aromatic nitrogens is 1. The average Bonchev–Trinajstić information content (AvgIpc) is 3.00. The van der Waals surface area contributed by atoms with Crippen LogP contribution in [0, 0.1) is 0 Å². The summed E-state index contributed by atoms with van der Waals surface area (Å²) >= 11 is 1.45. The fourth-order valence-corrected chi connectivity index (χ4v) is 3.67. The molecule has 2 aromatic rings. The molecule has 2 atom stereocenters. The number of anilines is 1. The van der Waals surface area contributed by atoms with Crippen molar-refractivity contribution < 1.29 is 9.53 Å². The van der Waals surface area contributed by atoms with Gasteiger partial charge in [0.25, 0.3) is 0 Å². The maximum Gasteiger partial charge on any atom is 0.250 e. The number of hydrogen-bond donors (Lipinski definition) is 1. The predicted molar refractivity (Wildman–Crippen MR) is 102 cm³/mol. The van der Waals surface area contributed by atoms with Crippen molar-refractivity contribution >= 4 is 28.5 Å². The molecular weight excluding hydrogens is 334 g/mol. The molecule has 2 unspecified atom stereocenters. The number of carbonyl (C=O) groups is 1. The molecule has 1 fully saturated rings. The summed E-state index contributed by atoms with van der Waals surface area (Å²) in [6.07, 6.45) is 3.80. The minimum Gasteiger partial charge on any atom is -0.373 e. The summed E-state index contributed by atoms with van der Waals surface area (Å²) in [5.41, 5.74) is 1.97. The van der Waals surface area contributed by atoms with Crippen molar-refractivity contribution in [3.05, 3.63) is 53.0 Å². The molecule has 1 aliphatic rings. The molecule has 0 spiro atoms. The van der Waals surface area contributed by atoms with Gasteiger partial charge in [-0.05, 0) is 25.5 Å². The predicted octanol–water partition coefficient (Wildman–Crippen LogP) is 3.40. The molecule has 0 radical (unpaired) electrons. The summed E-state index contributed by atoms with van der Waals surface area (Å²) in [4.78, 5) is 18.9. The molecule has 1 aliphatic heterocycles. The molecule has 132 valence electrons. The normalized spacial score (nSPS) is 21.5. The van der Waals surface area contributed by atoms with Crippen LogP contribution in [0.15, 0.2) is 41.8 Å². The van der Waals surface area contributed by atoms with Gasteiger partial charge in [0.2, 0.25) is 5.91 Å². The minimum absolute atomic E-state index is 0.168. The highest BCUT2D eigenvalue weighted by Gasteiger charge is 2.22. The van der Waals surface area contributed by atoms with E-state index in [-0.39, 0.29) is 18.1 Å². The van der Waals surface area contributed by atoms with E-state index in [0.717, 1.165) is 30.9 Å². The first-order chi connectivity index (χ1) is 12.1. The number of nitrogens with one attached hydrogen (secondary N) is 1. The second kappa shape index (κ2) is 8.38. The van der Waals surface area contributed by atoms with E-state index in [1.54, 1.807) is 6.08 Å². The van der Waals surface area contributed by atoms with Crippen molar-refractivity contribution in [3.63, 3.8) is 0 Å². The van der Waals surface area contributed by atoms with Crippen molar-refractivity contribution in [1.82, 2.24) is 9.88 Å². The SMILES string of the molecule is CC1CN(Cc2csc(NC(=O)/C=C/c3ccccc3)n2)CC(C)O1. The lowest BCUT2D eigenvalue weighted by Crippen LogP contribution is -2.44. The minimum atomic E-state index is -0.168. The van der Waals surface area contributed by atoms with Gasteiger partial charge in [-0.2, -0.15) is 0 Å². The Bertz CT molecular complexity index is 719. The van der Waals surface area contributed by atoms with E-state index in [9.17, 15) is 4.79 Å². The van der Waals surface area contributed by atoms with Crippen LogP contribution in [-0.2, 0) is 16.1 Å². The number of thiazole rings is 1. The molecule has 0 bridgehead atoms. The van der Waals surface area contributed by atoms with Gasteiger partial charge in [0, 0.05) is 31.1 Å². The maximum atomic E-state index is 12.0. The zero-order valence-corrected chi connectivity index (χ0v) is 15.3. The molecular formula is C19H23N3O2S. The summed E-state index contributed by atoms with van der Waals surface area (Å²) in [7, 11) is 0. The standard InChI is InChI=1S/C19H23N3O2S/c1-14-10-22(11-15(2)24-14)12-17-13-25-19(20-17)21-18(23)9-8-16-6-4-3-5-7-16/h3-9,13-15H,10-12H2,1-2H3,(H,20,21,23)/b9-8+. The van der Waals surface area contributed by atoms with E-state index >= 15 is 0 Å². The number of ether oxygens (including phenoxy) is 1.